The molecule has 1 amide bonds. The standard InChI is InChI=1S/C17H18BN5O6S/c19-17-21-11(7-30-17)13(23-29-9-5-20-6-9)15(24)22-12-4-8-2-1-3-10(16(25)26)14(8)28-18(12)27/h1-3,7,9,12,20,27H,4-6H2,(H2,19,21)(H,22,24)(H,25,26)/b23-13-/t12-/m0/s1. The summed E-state index contributed by atoms with van der Waals surface area (Å²) in [6, 6.07) is 4.64. The Labute approximate surface area is 175 Å². The summed E-state index contributed by atoms with van der Waals surface area (Å²) in [5, 5.41) is 31.1. The lowest BCUT2D eigenvalue weighted by Crippen LogP contribution is -2.54. The van der Waals surface area contributed by atoms with Crippen LogP contribution in [0.3, 0.4) is 0 Å². The van der Waals surface area contributed by atoms with Crippen LogP contribution >= 0.6 is 11.3 Å². The topological polar surface area (TPSA) is 168 Å². The molecule has 3 heterocycles. The lowest BCUT2D eigenvalue weighted by atomic mass is 9.72. The fourth-order valence-corrected chi connectivity index (χ4v) is 3.57. The Morgan fingerprint density at radius 1 is 1.43 bits per heavy atom. The molecule has 0 spiro atoms. The number of hydrogen-bond donors (Lipinski definition) is 5. The Bertz CT molecular complexity index is 1010. The smallest absolute Gasteiger partial charge is 0.534 e. The van der Waals surface area contributed by atoms with Gasteiger partial charge in [-0.25, -0.2) is 9.78 Å². The Morgan fingerprint density at radius 2 is 2.23 bits per heavy atom. The monoisotopic (exact) mass is 431 g/mol. The molecule has 2 aliphatic rings. The quantitative estimate of drug-likeness (QED) is 0.225. The second-order valence-electron chi connectivity index (χ2n) is 6.79. The van der Waals surface area contributed by atoms with E-state index in [1.165, 1.54) is 6.07 Å². The van der Waals surface area contributed by atoms with Crippen molar-refractivity contribution in [3.63, 3.8) is 0 Å². The van der Waals surface area contributed by atoms with Crippen molar-refractivity contribution >= 4 is 41.2 Å². The van der Waals surface area contributed by atoms with Gasteiger partial charge >= 0.3 is 13.1 Å². The van der Waals surface area contributed by atoms with Gasteiger partial charge in [-0.2, -0.15) is 0 Å². The number of oxime groups is 1. The summed E-state index contributed by atoms with van der Waals surface area (Å²) in [7, 11) is -1.44. The number of fused-ring (bicyclic) bond motifs is 1. The average Bonchev–Trinajstić information content (AvgIpc) is 3.09. The number of carboxylic acids is 1. The number of carboxylic acid groups (broad SMARTS) is 1. The van der Waals surface area contributed by atoms with E-state index >= 15 is 0 Å². The Hall–Kier alpha value is -3.16. The summed E-state index contributed by atoms with van der Waals surface area (Å²) < 4.78 is 5.40. The lowest BCUT2D eigenvalue weighted by molar-refractivity contribution is -0.115. The molecule has 1 saturated heterocycles. The Kier molecular flexibility index (Phi) is 5.57. The Balaban J connectivity index is 1.53. The van der Waals surface area contributed by atoms with Crippen LogP contribution in [0.2, 0.25) is 0 Å². The van der Waals surface area contributed by atoms with E-state index in [1.54, 1.807) is 17.5 Å². The molecule has 0 bridgehead atoms. The van der Waals surface area contributed by atoms with Crippen molar-refractivity contribution in [3.8, 4) is 5.75 Å². The van der Waals surface area contributed by atoms with Crippen LogP contribution in [0.4, 0.5) is 5.13 Å². The third-order valence-electron chi connectivity index (χ3n) is 4.68. The zero-order valence-corrected chi connectivity index (χ0v) is 16.4. The van der Waals surface area contributed by atoms with E-state index in [-0.39, 0.29) is 40.4 Å². The van der Waals surface area contributed by atoms with Gasteiger partial charge in [0, 0.05) is 18.5 Å². The van der Waals surface area contributed by atoms with Gasteiger partial charge in [0.05, 0.1) is 11.5 Å². The maximum Gasteiger partial charge on any atom is 0.547 e. The molecule has 1 aromatic heterocycles. The van der Waals surface area contributed by atoms with E-state index in [1.807, 2.05) is 0 Å². The second-order valence-corrected chi connectivity index (χ2v) is 7.68. The maximum atomic E-state index is 12.9. The molecule has 0 unspecified atom stereocenters. The molecule has 2 aliphatic heterocycles. The van der Waals surface area contributed by atoms with E-state index in [4.69, 9.17) is 15.2 Å². The number of anilines is 1. The highest BCUT2D eigenvalue weighted by Gasteiger charge is 2.38. The number of carbonyl (C=O) groups excluding carboxylic acids is 1. The first-order chi connectivity index (χ1) is 14.4. The van der Waals surface area contributed by atoms with Crippen LogP contribution in [0.15, 0.2) is 28.7 Å². The van der Waals surface area contributed by atoms with Crippen LogP contribution in [0, 0.1) is 0 Å². The van der Waals surface area contributed by atoms with Gasteiger partial charge in [0.1, 0.15) is 11.4 Å². The molecule has 0 saturated carbocycles. The van der Waals surface area contributed by atoms with Crippen LogP contribution in [0.25, 0.3) is 0 Å². The third-order valence-corrected chi connectivity index (χ3v) is 5.36. The van der Waals surface area contributed by atoms with Crippen molar-refractivity contribution in [1.29, 1.82) is 0 Å². The third kappa shape index (κ3) is 4.08. The summed E-state index contributed by atoms with van der Waals surface area (Å²) in [5.41, 5.74) is 6.34. The minimum absolute atomic E-state index is 0.0564. The van der Waals surface area contributed by atoms with Crippen molar-refractivity contribution < 1.29 is 29.2 Å². The number of benzene rings is 1. The van der Waals surface area contributed by atoms with E-state index in [0.717, 1.165) is 11.3 Å². The zero-order chi connectivity index (χ0) is 21.3. The average molecular weight is 431 g/mol. The fourth-order valence-electron chi connectivity index (χ4n) is 3.02. The number of rotatable bonds is 6. The number of amides is 1. The molecule has 1 fully saturated rings. The van der Waals surface area contributed by atoms with Crippen LogP contribution < -0.4 is 21.0 Å². The molecule has 6 N–H and O–H groups in total. The molecule has 4 rings (SSSR count). The second kappa shape index (κ2) is 8.30. The van der Waals surface area contributed by atoms with Gasteiger partial charge in [-0.15, -0.1) is 11.3 Å². The van der Waals surface area contributed by atoms with Crippen LogP contribution in [0.1, 0.15) is 21.6 Å². The van der Waals surface area contributed by atoms with Gasteiger partial charge in [-0.05, 0) is 18.1 Å². The van der Waals surface area contributed by atoms with Crippen molar-refractivity contribution in [2.24, 2.45) is 5.16 Å². The summed E-state index contributed by atoms with van der Waals surface area (Å²) in [4.78, 5) is 33.7. The Morgan fingerprint density at radius 3 is 2.87 bits per heavy atom. The van der Waals surface area contributed by atoms with Gasteiger partial charge in [0.15, 0.2) is 16.9 Å². The first-order valence-electron chi connectivity index (χ1n) is 9.09. The van der Waals surface area contributed by atoms with Gasteiger partial charge in [-0.1, -0.05) is 17.3 Å². The van der Waals surface area contributed by atoms with E-state index < -0.39 is 24.9 Å². The van der Waals surface area contributed by atoms with Crippen molar-refractivity contribution in [3.05, 3.63) is 40.4 Å². The molecule has 156 valence electrons. The molecular formula is C17H18BN5O6S. The molecule has 1 aromatic carbocycles. The van der Waals surface area contributed by atoms with Gasteiger partial charge in [-0.3, -0.25) is 4.79 Å². The predicted molar refractivity (Wildman–Crippen MR) is 108 cm³/mol. The zero-order valence-electron chi connectivity index (χ0n) is 15.6. The van der Waals surface area contributed by atoms with Gasteiger partial charge < -0.3 is 36.0 Å². The number of para-hydroxylation sites is 1. The van der Waals surface area contributed by atoms with Crippen molar-refractivity contribution in [1.82, 2.24) is 15.6 Å². The van der Waals surface area contributed by atoms with Crippen LogP contribution in [-0.2, 0) is 16.1 Å². The van der Waals surface area contributed by atoms with Crippen LogP contribution in [-0.4, -0.2) is 65.0 Å². The van der Waals surface area contributed by atoms with Crippen molar-refractivity contribution in [2.75, 3.05) is 18.8 Å². The highest BCUT2D eigenvalue weighted by molar-refractivity contribution is 7.13. The van der Waals surface area contributed by atoms with Gasteiger partial charge in [0.25, 0.3) is 5.91 Å². The first kappa shape index (κ1) is 20.1. The number of thiazole rings is 1. The van der Waals surface area contributed by atoms with E-state index in [9.17, 15) is 19.7 Å². The highest BCUT2D eigenvalue weighted by Crippen LogP contribution is 2.30. The molecule has 0 radical (unpaired) electrons. The fraction of sp³-hybridized carbons (Fsp3) is 0.294. The molecule has 0 aliphatic carbocycles. The van der Waals surface area contributed by atoms with Gasteiger partial charge in [0.2, 0.25) is 0 Å². The summed E-state index contributed by atoms with van der Waals surface area (Å²) in [6.07, 6.45) is 0.0252. The SMILES string of the molecule is Nc1nc(/C(=N/OC2CNC2)C(=O)N[C@H]2Cc3cccc(C(=O)O)c3OB2O)cs1. The number of aromatic nitrogens is 1. The molecule has 13 heteroatoms. The van der Waals surface area contributed by atoms with Crippen LogP contribution in [0.5, 0.6) is 5.75 Å². The molecular weight excluding hydrogens is 413 g/mol. The minimum Gasteiger partial charge on any atom is -0.534 e. The molecule has 30 heavy (non-hydrogen) atoms. The number of nitrogens with zero attached hydrogens (tertiary/aromatic N) is 2. The number of carbonyl (C=O) groups is 2. The summed E-state index contributed by atoms with van der Waals surface area (Å²) in [6.45, 7) is 1.24. The lowest BCUT2D eigenvalue weighted by Gasteiger charge is -2.29. The van der Waals surface area contributed by atoms with E-state index in [0.29, 0.717) is 18.7 Å². The minimum atomic E-state index is -1.44. The number of nitrogens with one attached hydrogen (secondary N) is 2. The number of hydrogen-bond acceptors (Lipinski definition) is 10. The predicted octanol–water partition coefficient (Wildman–Crippen LogP) is -0.744. The highest BCUT2D eigenvalue weighted by atomic mass is 32.1. The normalized spacial score (nSPS) is 18.8. The number of nitrogen functional groups attached to an aromatic ring is 1. The van der Waals surface area contributed by atoms with E-state index in [2.05, 4.69) is 20.8 Å². The summed E-state index contributed by atoms with van der Waals surface area (Å²) >= 11 is 1.15. The molecule has 2 aromatic rings. The molecule has 11 nitrogen and oxygen atoms in total. The summed E-state index contributed by atoms with van der Waals surface area (Å²) in [5.74, 6) is -2.54. The molecule has 1 atom stereocenters. The number of aromatic carboxylic acids is 1. The number of nitrogens with two attached hydrogens (primary N) is 1. The maximum absolute atomic E-state index is 12.9. The largest absolute Gasteiger partial charge is 0.547 e. The first-order valence-corrected chi connectivity index (χ1v) is 9.97. The van der Waals surface area contributed by atoms with Crippen molar-refractivity contribution in [2.45, 2.75) is 18.5 Å².